The van der Waals surface area contributed by atoms with Crippen molar-refractivity contribution in [2.45, 2.75) is 6.92 Å². The van der Waals surface area contributed by atoms with Gasteiger partial charge in [-0.15, -0.1) is 0 Å². The fourth-order valence-electron chi connectivity index (χ4n) is 0.0853. The normalized spacial score (nSPS) is 9.75. The van der Waals surface area contributed by atoms with Crippen molar-refractivity contribution in [1.82, 2.24) is 5.48 Å². The highest BCUT2D eigenvalue weighted by atomic mass is 35.7. The zero-order chi connectivity index (χ0) is 10.2. The van der Waals surface area contributed by atoms with Crippen LogP contribution in [0.2, 0.25) is 0 Å². The van der Waals surface area contributed by atoms with Crippen LogP contribution in [0.25, 0.3) is 0 Å². The van der Waals surface area contributed by atoms with Crippen molar-refractivity contribution in [3.63, 3.8) is 0 Å². The van der Waals surface area contributed by atoms with Crippen LogP contribution in [0.4, 0.5) is 4.79 Å². The van der Waals surface area contributed by atoms with E-state index < -0.39 is 16.3 Å². The first-order valence-electron chi connectivity index (χ1n) is 2.59. The molecule has 0 atom stereocenters. The van der Waals surface area contributed by atoms with Crippen molar-refractivity contribution in [1.29, 1.82) is 0 Å². The second kappa shape index (κ2) is 7.03. The quantitative estimate of drug-likeness (QED) is 0.385. The minimum atomic E-state index is -4.63. The van der Waals surface area contributed by atoms with Gasteiger partial charge in [0.25, 0.3) is 0 Å². The van der Waals surface area contributed by atoms with Crippen molar-refractivity contribution < 1.29 is 38.5 Å². The Morgan fingerprint density at radius 1 is 1.67 bits per heavy atom. The maximum absolute atomic E-state index is 9.62. The fourth-order valence-corrected chi connectivity index (χ4v) is 0.256. The number of aliphatic hydroxyl groups is 1. The van der Waals surface area contributed by atoms with Gasteiger partial charge in [0.15, 0.2) is 0 Å². The van der Waals surface area contributed by atoms with Crippen LogP contribution >= 0.6 is 0 Å². The number of nitrogens with one attached hydrogen (secondary N) is 1. The number of hydrogen-bond donors (Lipinski definition) is 3. The lowest BCUT2D eigenvalue weighted by Crippen LogP contribution is -2.63. The smallest absolute Gasteiger partial charge is 0.348 e. The summed E-state index contributed by atoms with van der Waals surface area (Å²) in [6.45, 7) is 1.93. The van der Waals surface area contributed by atoms with Gasteiger partial charge in [0, 0.05) is 6.61 Å². The summed E-state index contributed by atoms with van der Waals surface area (Å²) in [6.07, 6.45) is 0. The summed E-state index contributed by atoms with van der Waals surface area (Å²) in [5.74, 6) is 0. The van der Waals surface area contributed by atoms with Crippen LogP contribution in [-0.2, 0) is 4.39 Å². The Labute approximate surface area is 70.2 Å². The molecule has 2 amide bonds. The third-order valence-corrected chi connectivity index (χ3v) is 0.500. The monoisotopic (exact) mass is 204 g/mol. The van der Waals surface area contributed by atoms with E-state index in [0.29, 0.717) is 0 Å². The van der Waals surface area contributed by atoms with Crippen molar-refractivity contribution in [2.24, 2.45) is 5.73 Å². The lowest BCUT2D eigenvalue weighted by molar-refractivity contribution is -1.92. The summed E-state index contributed by atoms with van der Waals surface area (Å²) < 4.78 is 31.5. The van der Waals surface area contributed by atoms with E-state index in [-0.39, 0.29) is 6.61 Å². The molecule has 0 bridgehead atoms. The Hall–Kier alpha value is -0.640. The molecule has 0 radical (unpaired) electrons. The third-order valence-electron chi connectivity index (χ3n) is 0.234. The highest BCUT2D eigenvalue weighted by molar-refractivity contribution is 5.70. The molecule has 0 saturated carbocycles. The first kappa shape index (κ1) is 13.9. The van der Waals surface area contributed by atoms with E-state index in [0.717, 1.165) is 5.48 Å². The number of hydrogen-bond acceptors (Lipinski definition) is 6. The van der Waals surface area contributed by atoms with E-state index in [9.17, 15) is 18.8 Å². The average Bonchev–Trinajstić information content (AvgIpc) is 1.84. The minimum absolute atomic E-state index is 0.250. The van der Waals surface area contributed by atoms with Gasteiger partial charge < -0.3 is 10.8 Å². The molecular weight excluding hydrogens is 195 g/mol. The summed E-state index contributed by atoms with van der Waals surface area (Å²) in [4.78, 5) is 9.62. The lowest BCUT2D eigenvalue weighted by Gasteiger charge is -2.09. The molecule has 12 heavy (non-hydrogen) atoms. The van der Waals surface area contributed by atoms with E-state index in [2.05, 4.69) is 10.1 Å². The number of carbonyl (C=O) groups excluding carboxylic acids is 1. The van der Waals surface area contributed by atoms with Gasteiger partial charge in [-0.3, -0.25) is 0 Å². The molecule has 0 heterocycles. The number of hydroxylamine groups is 1. The molecule has 0 unspecified atom stereocenters. The highest BCUT2D eigenvalue weighted by Gasteiger charge is 2.18. The second-order valence-corrected chi connectivity index (χ2v) is 2.15. The van der Waals surface area contributed by atoms with Crippen LogP contribution in [0.1, 0.15) is 6.92 Å². The highest BCUT2D eigenvalue weighted by Crippen LogP contribution is 1.79. The largest absolute Gasteiger partial charge is 0.397 e. The molecule has 0 aliphatic rings. The zero-order valence-electron chi connectivity index (χ0n) is 6.15. The number of amides is 2. The SMILES string of the molecule is CCO.NC(=O)NO[Cl+3]([O-])([O-])[O-]. The number of carbonyl (C=O) groups is 1. The van der Waals surface area contributed by atoms with E-state index in [4.69, 9.17) is 5.11 Å². The molecule has 0 aromatic rings. The molecule has 9 heteroatoms. The number of halogens is 1. The number of aliphatic hydroxyl groups excluding tert-OH is 1. The molecule has 4 N–H and O–H groups in total. The first-order chi connectivity index (χ1) is 5.33. The first-order valence-corrected chi connectivity index (χ1v) is 3.82. The molecule has 0 saturated heterocycles. The standard InChI is InChI=1S/C2H6O.CH3ClN2O5/c1-2-3;3-1(5)4-9-2(6,7)8/h3H,2H2,1H3;(H3,3,4,5). The van der Waals surface area contributed by atoms with Gasteiger partial charge >= 0.3 is 6.03 Å². The number of rotatable bonds is 2. The molecule has 0 rings (SSSR count). The number of nitrogens with two attached hydrogens (primary N) is 1. The Morgan fingerprint density at radius 2 is 2.00 bits per heavy atom. The van der Waals surface area contributed by atoms with Crippen LogP contribution in [-0.4, -0.2) is 17.7 Å². The van der Waals surface area contributed by atoms with Gasteiger partial charge in [-0.05, 0) is 6.92 Å². The van der Waals surface area contributed by atoms with Crippen LogP contribution in [0.15, 0.2) is 0 Å². The molecule has 0 aliphatic heterocycles. The Bertz CT molecular complexity index is 124. The summed E-state index contributed by atoms with van der Waals surface area (Å²) in [7, 11) is -4.63. The van der Waals surface area contributed by atoms with Gasteiger partial charge in [0.05, 0.1) is 0 Å². The number of primary amides is 1. The Kier molecular flexibility index (Phi) is 8.16. The number of urea groups is 1. The minimum Gasteiger partial charge on any atom is -0.397 e. The maximum Gasteiger partial charge on any atom is 0.348 e. The summed E-state index contributed by atoms with van der Waals surface area (Å²) in [5, 5.41) is 7.57. The van der Waals surface area contributed by atoms with Gasteiger partial charge in [0.1, 0.15) is 10.2 Å². The average molecular weight is 205 g/mol. The summed E-state index contributed by atoms with van der Waals surface area (Å²) in [6, 6.07) is -1.26. The maximum atomic E-state index is 9.62. The van der Waals surface area contributed by atoms with E-state index >= 15 is 0 Å². The van der Waals surface area contributed by atoms with E-state index in [1.165, 1.54) is 0 Å². The fraction of sp³-hybridized carbons (Fsp3) is 0.667. The predicted octanol–water partition coefficient (Wildman–Crippen LogP) is -4.52. The van der Waals surface area contributed by atoms with Crippen molar-refractivity contribution in [2.75, 3.05) is 6.61 Å². The molecule has 0 aromatic heterocycles. The topological polar surface area (TPSA) is 154 Å². The molecule has 0 fully saturated rings. The molecule has 0 spiro atoms. The van der Waals surface area contributed by atoms with Crippen LogP contribution < -0.4 is 25.2 Å². The van der Waals surface area contributed by atoms with Crippen LogP contribution in [0.5, 0.6) is 0 Å². The third kappa shape index (κ3) is 22.8. The predicted molar refractivity (Wildman–Crippen MR) is 26.6 cm³/mol. The van der Waals surface area contributed by atoms with Gasteiger partial charge in [-0.25, -0.2) is 4.79 Å². The Morgan fingerprint density at radius 3 is 2.08 bits per heavy atom. The van der Waals surface area contributed by atoms with Gasteiger partial charge in [-0.1, -0.05) is 5.48 Å². The molecule has 74 valence electrons. The van der Waals surface area contributed by atoms with Gasteiger partial charge in [0.2, 0.25) is 4.39 Å². The molecule has 0 aliphatic carbocycles. The molecular formula is C3H9ClN2O6. The van der Waals surface area contributed by atoms with Crippen LogP contribution in [0.3, 0.4) is 0 Å². The zero-order valence-corrected chi connectivity index (χ0v) is 6.91. The lowest BCUT2D eigenvalue weighted by atomic mass is 10.9. The van der Waals surface area contributed by atoms with Crippen LogP contribution in [0, 0.1) is 10.2 Å². The van der Waals surface area contributed by atoms with E-state index in [1.54, 1.807) is 6.92 Å². The molecule has 8 nitrogen and oxygen atoms in total. The van der Waals surface area contributed by atoms with Gasteiger partial charge in [-0.2, -0.15) is 14.0 Å². The van der Waals surface area contributed by atoms with Crippen molar-refractivity contribution in [3.05, 3.63) is 0 Å². The van der Waals surface area contributed by atoms with Crippen molar-refractivity contribution >= 4 is 6.03 Å². The van der Waals surface area contributed by atoms with Crippen molar-refractivity contribution in [3.8, 4) is 0 Å². The summed E-state index contributed by atoms with van der Waals surface area (Å²) in [5.41, 5.74) is 5.43. The summed E-state index contributed by atoms with van der Waals surface area (Å²) >= 11 is 0. The Balaban J connectivity index is 0. The molecule has 0 aromatic carbocycles. The second-order valence-electron chi connectivity index (χ2n) is 1.24. The van der Waals surface area contributed by atoms with E-state index in [1.807, 2.05) is 0 Å².